The summed E-state index contributed by atoms with van der Waals surface area (Å²) < 4.78 is 38.7. The van der Waals surface area contributed by atoms with Crippen molar-refractivity contribution in [2.75, 3.05) is 16.0 Å². The standard InChI is InChI=1S/C16H14F3N3O2/c1-10(23)20-11-5-4-6-12(9-11)21-15(24)22-14-8-3-2-7-13(14)16(17,18)19/h2-9H,1H3,(H,20,23)(H2,21,22,24). The molecule has 3 N–H and O–H groups in total. The van der Waals surface area contributed by atoms with E-state index in [-0.39, 0.29) is 11.6 Å². The first-order chi connectivity index (χ1) is 11.3. The lowest BCUT2D eigenvalue weighted by atomic mass is 10.1. The highest BCUT2D eigenvalue weighted by molar-refractivity contribution is 6.00. The third-order valence-corrected chi connectivity index (χ3v) is 2.92. The Morgan fingerprint density at radius 3 is 2.12 bits per heavy atom. The quantitative estimate of drug-likeness (QED) is 0.781. The Kier molecular flexibility index (Phi) is 5.08. The number of carbonyl (C=O) groups is 2. The lowest BCUT2D eigenvalue weighted by Crippen LogP contribution is -2.22. The smallest absolute Gasteiger partial charge is 0.326 e. The number of benzene rings is 2. The van der Waals surface area contributed by atoms with Gasteiger partial charge in [-0.25, -0.2) is 4.79 Å². The Morgan fingerprint density at radius 2 is 1.50 bits per heavy atom. The number of hydrogen-bond donors (Lipinski definition) is 3. The van der Waals surface area contributed by atoms with Crippen LogP contribution < -0.4 is 16.0 Å². The largest absolute Gasteiger partial charge is 0.418 e. The van der Waals surface area contributed by atoms with Crippen molar-refractivity contribution in [3.63, 3.8) is 0 Å². The second-order valence-electron chi connectivity index (χ2n) is 4.88. The van der Waals surface area contributed by atoms with Crippen LogP contribution in [0.5, 0.6) is 0 Å². The van der Waals surface area contributed by atoms with E-state index < -0.39 is 17.8 Å². The highest BCUT2D eigenvalue weighted by atomic mass is 19.4. The van der Waals surface area contributed by atoms with Crippen LogP contribution in [0.1, 0.15) is 12.5 Å². The van der Waals surface area contributed by atoms with E-state index in [4.69, 9.17) is 0 Å². The van der Waals surface area contributed by atoms with E-state index in [1.54, 1.807) is 18.2 Å². The Balaban J connectivity index is 2.11. The maximum atomic E-state index is 12.9. The fourth-order valence-corrected chi connectivity index (χ4v) is 2.00. The molecule has 0 fully saturated rings. The normalized spacial score (nSPS) is 10.8. The van der Waals surface area contributed by atoms with E-state index in [0.29, 0.717) is 11.4 Å². The van der Waals surface area contributed by atoms with Gasteiger partial charge in [0.1, 0.15) is 0 Å². The summed E-state index contributed by atoms with van der Waals surface area (Å²) in [6, 6.07) is 10.1. The molecule has 0 bridgehead atoms. The van der Waals surface area contributed by atoms with Crippen molar-refractivity contribution in [3.05, 3.63) is 54.1 Å². The summed E-state index contributed by atoms with van der Waals surface area (Å²) in [6.07, 6.45) is -4.57. The van der Waals surface area contributed by atoms with Gasteiger partial charge in [-0.2, -0.15) is 13.2 Å². The molecule has 126 valence electrons. The van der Waals surface area contributed by atoms with Crippen LogP contribution in [0, 0.1) is 0 Å². The Morgan fingerprint density at radius 1 is 0.875 bits per heavy atom. The number of halogens is 3. The molecule has 2 aromatic rings. The van der Waals surface area contributed by atoms with E-state index in [1.807, 2.05) is 0 Å². The van der Waals surface area contributed by atoms with E-state index in [1.165, 1.54) is 25.1 Å². The monoisotopic (exact) mass is 337 g/mol. The first-order valence-corrected chi connectivity index (χ1v) is 6.87. The Bertz CT molecular complexity index is 760. The Hall–Kier alpha value is -3.03. The van der Waals surface area contributed by atoms with Crippen molar-refractivity contribution < 1.29 is 22.8 Å². The molecule has 0 aromatic heterocycles. The predicted octanol–water partition coefficient (Wildman–Crippen LogP) is 4.31. The van der Waals surface area contributed by atoms with Crippen LogP contribution >= 0.6 is 0 Å². The van der Waals surface area contributed by atoms with Crippen LogP contribution in [0.2, 0.25) is 0 Å². The molecule has 0 aliphatic heterocycles. The summed E-state index contributed by atoms with van der Waals surface area (Å²) in [6.45, 7) is 1.33. The summed E-state index contributed by atoms with van der Waals surface area (Å²) in [5, 5.41) is 7.12. The van der Waals surface area contributed by atoms with Crippen molar-refractivity contribution in [2.45, 2.75) is 13.1 Å². The lowest BCUT2D eigenvalue weighted by molar-refractivity contribution is -0.136. The first-order valence-electron chi connectivity index (χ1n) is 6.87. The fraction of sp³-hybridized carbons (Fsp3) is 0.125. The van der Waals surface area contributed by atoms with Crippen LogP contribution in [-0.2, 0) is 11.0 Å². The molecule has 0 unspecified atom stereocenters. The van der Waals surface area contributed by atoms with Crippen LogP contribution in [-0.4, -0.2) is 11.9 Å². The van der Waals surface area contributed by atoms with Gasteiger partial charge in [0, 0.05) is 18.3 Å². The minimum atomic E-state index is -4.57. The topological polar surface area (TPSA) is 70.2 Å². The van der Waals surface area contributed by atoms with E-state index >= 15 is 0 Å². The number of amides is 3. The van der Waals surface area contributed by atoms with Crippen molar-refractivity contribution in [3.8, 4) is 0 Å². The SMILES string of the molecule is CC(=O)Nc1cccc(NC(=O)Nc2ccccc2C(F)(F)F)c1. The maximum absolute atomic E-state index is 12.9. The van der Waals surface area contributed by atoms with Crippen LogP contribution in [0.15, 0.2) is 48.5 Å². The molecule has 3 amide bonds. The van der Waals surface area contributed by atoms with Gasteiger partial charge in [-0.3, -0.25) is 4.79 Å². The molecular formula is C16H14F3N3O2. The molecule has 0 saturated carbocycles. The number of anilines is 3. The summed E-state index contributed by atoms with van der Waals surface area (Å²) >= 11 is 0. The summed E-state index contributed by atoms with van der Waals surface area (Å²) in [5.74, 6) is -0.282. The Labute approximate surface area is 135 Å². The molecule has 24 heavy (non-hydrogen) atoms. The third kappa shape index (κ3) is 4.73. The number of carbonyl (C=O) groups excluding carboxylic acids is 2. The predicted molar refractivity (Wildman–Crippen MR) is 84.8 cm³/mol. The highest BCUT2D eigenvalue weighted by Crippen LogP contribution is 2.34. The third-order valence-electron chi connectivity index (χ3n) is 2.92. The van der Waals surface area contributed by atoms with Gasteiger partial charge in [0.2, 0.25) is 5.91 Å². The van der Waals surface area contributed by atoms with Gasteiger partial charge in [-0.1, -0.05) is 18.2 Å². The average Bonchev–Trinajstić information content (AvgIpc) is 2.46. The van der Waals surface area contributed by atoms with Crippen molar-refractivity contribution in [1.29, 1.82) is 0 Å². The van der Waals surface area contributed by atoms with E-state index in [2.05, 4.69) is 16.0 Å². The van der Waals surface area contributed by atoms with E-state index in [9.17, 15) is 22.8 Å². The minimum Gasteiger partial charge on any atom is -0.326 e. The molecule has 0 spiro atoms. The number of urea groups is 1. The second kappa shape index (κ2) is 7.03. The molecule has 0 atom stereocenters. The molecule has 8 heteroatoms. The average molecular weight is 337 g/mol. The molecule has 2 rings (SSSR count). The molecule has 0 heterocycles. The van der Waals surface area contributed by atoms with Crippen LogP contribution in [0.3, 0.4) is 0 Å². The zero-order chi connectivity index (χ0) is 17.7. The van der Waals surface area contributed by atoms with E-state index in [0.717, 1.165) is 12.1 Å². The lowest BCUT2D eigenvalue weighted by Gasteiger charge is -2.14. The zero-order valence-corrected chi connectivity index (χ0v) is 12.6. The van der Waals surface area contributed by atoms with Gasteiger partial charge < -0.3 is 16.0 Å². The van der Waals surface area contributed by atoms with Gasteiger partial charge in [-0.05, 0) is 30.3 Å². The van der Waals surface area contributed by atoms with Crippen molar-refractivity contribution in [2.24, 2.45) is 0 Å². The number of hydrogen-bond acceptors (Lipinski definition) is 2. The molecule has 5 nitrogen and oxygen atoms in total. The van der Waals surface area contributed by atoms with Crippen molar-refractivity contribution >= 4 is 29.0 Å². The summed E-state index contributed by atoms with van der Waals surface area (Å²) in [5.41, 5.74) is -0.508. The van der Waals surface area contributed by atoms with Gasteiger partial charge in [0.15, 0.2) is 0 Å². The van der Waals surface area contributed by atoms with Crippen LogP contribution in [0.4, 0.5) is 35.0 Å². The highest BCUT2D eigenvalue weighted by Gasteiger charge is 2.33. The molecule has 0 saturated heterocycles. The maximum Gasteiger partial charge on any atom is 0.418 e. The van der Waals surface area contributed by atoms with Gasteiger partial charge in [0.25, 0.3) is 0 Å². The van der Waals surface area contributed by atoms with Gasteiger partial charge in [-0.15, -0.1) is 0 Å². The molecular weight excluding hydrogens is 323 g/mol. The first kappa shape index (κ1) is 17.3. The minimum absolute atomic E-state index is 0.282. The number of para-hydroxylation sites is 1. The van der Waals surface area contributed by atoms with Gasteiger partial charge in [0.05, 0.1) is 11.3 Å². The number of nitrogens with one attached hydrogen (secondary N) is 3. The molecule has 0 aliphatic carbocycles. The second-order valence-corrected chi connectivity index (χ2v) is 4.88. The fourth-order valence-electron chi connectivity index (χ4n) is 2.00. The summed E-state index contributed by atoms with van der Waals surface area (Å²) in [7, 11) is 0. The molecule has 0 radical (unpaired) electrons. The van der Waals surface area contributed by atoms with Gasteiger partial charge >= 0.3 is 12.2 Å². The van der Waals surface area contributed by atoms with Crippen molar-refractivity contribution in [1.82, 2.24) is 0 Å². The summed E-state index contributed by atoms with van der Waals surface area (Å²) in [4.78, 5) is 22.9. The molecule has 0 aliphatic rings. The molecule has 2 aromatic carbocycles. The number of alkyl halides is 3. The van der Waals surface area contributed by atoms with Crippen LogP contribution in [0.25, 0.3) is 0 Å². The number of rotatable bonds is 3. The zero-order valence-electron chi connectivity index (χ0n) is 12.6.